The minimum atomic E-state index is 0.0664. The fourth-order valence-corrected chi connectivity index (χ4v) is 8.87. The molecular weight excluding hydrogens is 671 g/mol. The minimum Gasteiger partial charge on any atom is -0.481 e. The van der Waals surface area contributed by atoms with Crippen molar-refractivity contribution < 1.29 is 14.3 Å². The summed E-state index contributed by atoms with van der Waals surface area (Å²) >= 11 is 14.3. The highest BCUT2D eigenvalue weighted by molar-refractivity contribution is 6.39. The van der Waals surface area contributed by atoms with Gasteiger partial charge in [-0.25, -0.2) is 4.98 Å². The van der Waals surface area contributed by atoms with Gasteiger partial charge in [-0.05, 0) is 55.0 Å². The lowest BCUT2D eigenvalue weighted by Gasteiger charge is -2.47. The molecule has 0 unspecified atom stereocenters. The molecule has 5 heterocycles. The first-order valence-electron chi connectivity index (χ1n) is 17.4. The van der Waals surface area contributed by atoms with E-state index in [1.165, 1.54) is 11.1 Å². The average molecular weight is 712 g/mol. The summed E-state index contributed by atoms with van der Waals surface area (Å²) in [5.74, 6) is 0.848. The van der Waals surface area contributed by atoms with Crippen LogP contribution in [0.2, 0.25) is 10.0 Å². The lowest BCUT2D eigenvalue weighted by Crippen LogP contribution is -2.56. The van der Waals surface area contributed by atoms with E-state index in [4.69, 9.17) is 37.9 Å². The molecule has 0 saturated carbocycles. The molecule has 258 valence electrons. The van der Waals surface area contributed by atoms with E-state index in [-0.39, 0.29) is 29.3 Å². The molecule has 2 atom stereocenters. The second-order valence-corrected chi connectivity index (χ2v) is 15.0. The number of carbonyl (C=O) groups is 2. The number of fused-ring (bicyclic) bond motifs is 1. The van der Waals surface area contributed by atoms with E-state index < -0.39 is 0 Å². The number of hydrogen-bond donors (Lipinski definition) is 3. The predicted octanol–water partition coefficient (Wildman–Crippen LogP) is 6.36. The molecule has 0 radical (unpaired) electrons. The number of ether oxygens (including phenoxy) is 1. The van der Waals surface area contributed by atoms with Crippen molar-refractivity contribution in [2.75, 3.05) is 33.3 Å². The Labute approximate surface area is 302 Å². The van der Waals surface area contributed by atoms with Crippen LogP contribution in [0.5, 0.6) is 5.88 Å². The molecule has 50 heavy (non-hydrogen) atoms. The third kappa shape index (κ3) is 6.36. The van der Waals surface area contributed by atoms with Crippen LogP contribution in [0.4, 0.5) is 0 Å². The highest BCUT2D eigenvalue weighted by atomic mass is 35.5. The molecule has 2 aromatic heterocycles. The van der Waals surface area contributed by atoms with Crippen LogP contribution < -0.4 is 20.7 Å². The van der Waals surface area contributed by atoms with Gasteiger partial charge >= 0.3 is 0 Å². The molecule has 0 bridgehead atoms. The smallest absolute Gasteiger partial charge is 0.220 e. The van der Waals surface area contributed by atoms with Gasteiger partial charge in [0.25, 0.3) is 0 Å². The van der Waals surface area contributed by atoms with Crippen LogP contribution in [-0.2, 0) is 22.6 Å². The number of amides is 2. The largest absolute Gasteiger partial charge is 0.481 e. The Morgan fingerprint density at radius 3 is 2.60 bits per heavy atom. The van der Waals surface area contributed by atoms with E-state index in [0.29, 0.717) is 46.7 Å². The van der Waals surface area contributed by atoms with E-state index >= 15 is 0 Å². The number of pyridine rings is 2. The second-order valence-electron chi connectivity index (χ2n) is 14.2. The van der Waals surface area contributed by atoms with Gasteiger partial charge in [-0.15, -0.1) is 0 Å². The van der Waals surface area contributed by atoms with Crippen molar-refractivity contribution >= 4 is 35.0 Å². The van der Waals surface area contributed by atoms with Gasteiger partial charge in [0.2, 0.25) is 17.7 Å². The Morgan fingerprint density at radius 1 is 0.980 bits per heavy atom. The summed E-state index contributed by atoms with van der Waals surface area (Å²) in [6.07, 6.45) is 7.05. The minimum absolute atomic E-state index is 0.0664. The van der Waals surface area contributed by atoms with Crippen LogP contribution in [0.25, 0.3) is 33.6 Å². The molecule has 3 aliphatic heterocycles. The zero-order chi connectivity index (χ0) is 34.4. The fourth-order valence-electron chi connectivity index (χ4n) is 8.23. The van der Waals surface area contributed by atoms with E-state index in [9.17, 15) is 9.59 Å². The molecule has 2 amide bonds. The number of methoxy groups -OCH3 is 1. The summed E-state index contributed by atoms with van der Waals surface area (Å²) in [5.41, 5.74) is 8.44. The third-order valence-corrected chi connectivity index (χ3v) is 11.5. The zero-order valence-corrected chi connectivity index (χ0v) is 29.5. The van der Waals surface area contributed by atoms with Crippen LogP contribution in [-0.4, -0.2) is 66.0 Å². The van der Waals surface area contributed by atoms with Crippen molar-refractivity contribution in [1.82, 2.24) is 30.8 Å². The van der Waals surface area contributed by atoms with Gasteiger partial charge in [-0.1, -0.05) is 59.6 Å². The number of aromatic nitrogens is 2. The summed E-state index contributed by atoms with van der Waals surface area (Å²) in [6, 6.07) is 18.8. The maximum Gasteiger partial charge on any atom is 0.220 e. The zero-order valence-electron chi connectivity index (χ0n) is 28.0. The number of aryl methyl sites for hydroxylation is 1. The Hall–Kier alpha value is -4.02. The normalized spacial score (nSPS) is 21.1. The van der Waals surface area contributed by atoms with Crippen molar-refractivity contribution in [2.24, 2.45) is 5.41 Å². The summed E-state index contributed by atoms with van der Waals surface area (Å²) in [4.78, 5) is 35.3. The molecule has 4 aromatic rings. The molecule has 2 aromatic carbocycles. The predicted molar refractivity (Wildman–Crippen MR) is 195 cm³/mol. The van der Waals surface area contributed by atoms with Gasteiger partial charge < -0.3 is 20.7 Å². The van der Waals surface area contributed by atoms with Crippen LogP contribution >= 0.6 is 23.2 Å². The standard InChI is InChI=1S/C39H40Cl2N6O3/c1-50-38-25(19-47-21-39(22-47)17-34(49)44-20-39)9-12-32(46-38)30-6-3-5-28(35(30)40)29-14-15-42-37(36(29)41)24-8-11-27-23(16-24)4-2-7-31(27)43-18-26-10-13-33(48)45-26/h3,5-6,8-9,11-12,14-16,26,31,43H,2,4,7,10,13,17-22H2,1H3,(H,44,49)(H,45,48)/t26-,31+/m1/s1. The topological polar surface area (TPSA) is 108 Å². The fraction of sp³-hybridized carbons (Fsp3) is 0.385. The molecular formula is C39H40Cl2N6O3. The highest BCUT2D eigenvalue weighted by Gasteiger charge is 2.48. The van der Waals surface area contributed by atoms with Crippen molar-refractivity contribution in [3.8, 4) is 39.5 Å². The van der Waals surface area contributed by atoms with E-state index in [2.05, 4.69) is 39.0 Å². The lowest BCUT2D eigenvalue weighted by molar-refractivity contribution is -0.121. The van der Waals surface area contributed by atoms with Gasteiger partial charge in [0, 0.05) is 97.1 Å². The number of carbonyl (C=O) groups excluding carboxylic acids is 2. The second kappa shape index (κ2) is 13.6. The molecule has 4 aliphatic rings. The summed E-state index contributed by atoms with van der Waals surface area (Å²) in [5, 5.41) is 10.8. The van der Waals surface area contributed by atoms with Crippen LogP contribution in [0.3, 0.4) is 0 Å². The molecule has 8 rings (SSSR count). The summed E-state index contributed by atoms with van der Waals surface area (Å²) in [7, 11) is 1.64. The summed E-state index contributed by atoms with van der Waals surface area (Å²) in [6.45, 7) is 4.00. The van der Waals surface area contributed by atoms with Crippen molar-refractivity contribution in [2.45, 2.75) is 57.2 Å². The SMILES string of the molecule is COc1nc(-c2cccc(-c3ccnc(-c4ccc5c(c4)CCC[C@@H]5NC[C@H]4CCC(=O)N4)c3Cl)c2Cl)ccc1CN1CC2(CNC(=O)C2)C1. The first-order valence-corrected chi connectivity index (χ1v) is 18.2. The van der Waals surface area contributed by atoms with Crippen LogP contribution in [0.15, 0.2) is 60.8 Å². The Morgan fingerprint density at radius 2 is 1.82 bits per heavy atom. The Balaban J connectivity index is 1.02. The third-order valence-electron chi connectivity index (χ3n) is 10.7. The number of nitrogens with one attached hydrogen (secondary N) is 3. The van der Waals surface area contributed by atoms with Crippen LogP contribution in [0.1, 0.15) is 54.8 Å². The number of rotatable bonds is 9. The Bertz CT molecular complexity index is 1980. The van der Waals surface area contributed by atoms with E-state index in [1.54, 1.807) is 13.3 Å². The van der Waals surface area contributed by atoms with Crippen molar-refractivity contribution in [3.05, 3.63) is 87.5 Å². The number of likely N-dealkylation sites (tertiary alicyclic amines) is 1. The average Bonchev–Trinajstić information content (AvgIpc) is 3.72. The Kier molecular flexibility index (Phi) is 9.02. The van der Waals surface area contributed by atoms with Crippen molar-refractivity contribution in [1.29, 1.82) is 0 Å². The number of nitrogens with zero attached hydrogens (tertiary/aromatic N) is 3. The summed E-state index contributed by atoms with van der Waals surface area (Å²) < 4.78 is 5.74. The van der Waals surface area contributed by atoms with Gasteiger partial charge in [0.15, 0.2) is 0 Å². The van der Waals surface area contributed by atoms with Gasteiger partial charge in [0.05, 0.1) is 28.5 Å². The van der Waals surface area contributed by atoms with Crippen molar-refractivity contribution in [3.63, 3.8) is 0 Å². The maximum atomic E-state index is 11.8. The first-order chi connectivity index (χ1) is 24.3. The molecule has 11 heteroatoms. The molecule has 1 spiro atoms. The quantitative estimate of drug-likeness (QED) is 0.186. The molecule has 3 saturated heterocycles. The highest BCUT2D eigenvalue weighted by Crippen LogP contribution is 2.43. The van der Waals surface area contributed by atoms with Gasteiger partial charge in [-0.2, -0.15) is 0 Å². The number of benzene rings is 2. The number of halogens is 2. The monoisotopic (exact) mass is 710 g/mol. The van der Waals surface area contributed by atoms with Crippen LogP contribution in [0, 0.1) is 5.41 Å². The lowest BCUT2D eigenvalue weighted by atomic mass is 9.79. The molecule has 1 aliphatic carbocycles. The van der Waals surface area contributed by atoms with E-state index in [1.807, 2.05) is 36.4 Å². The van der Waals surface area contributed by atoms with E-state index in [0.717, 1.165) is 79.7 Å². The van der Waals surface area contributed by atoms with Gasteiger partial charge in [0.1, 0.15) is 0 Å². The maximum absolute atomic E-state index is 11.8. The molecule has 3 fully saturated rings. The number of hydrogen-bond acceptors (Lipinski definition) is 7. The molecule has 9 nitrogen and oxygen atoms in total. The molecule has 3 N–H and O–H groups in total. The first kappa shape index (κ1) is 33.1. The van der Waals surface area contributed by atoms with Gasteiger partial charge in [-0.3, -0.25) is 19.5 Å².